The third-order valence-electron chi connectivity index (χ3n) is 3.22. The molecule has 6 nitrogen and oxygen atoms in total. The Bertz CT molecular complexity index is 632. The lowest BCUT2D eigenvalue weighted by Gasteiger charge is -2.32. The number of nitrogens with one attached hydrogen (secondary N) is 1. The van der Waals surface area contributed by atoms with Gasteiger partial charge < -0.3 is 10.4 Å². The molecule has 1 aromatic rings. The largest absolute Gasteiger partial charge is 0.480 e. The van der Waals surface area contributed by atoms with E-state index in [4.69, 9.17) is 5.11 Å². The van der Waals surface area contributed by atoms with Gasteiger partial charge in [0.1, 0.15) is 6.04 Å². The highest BCUT2D eigenvalue weighted by atomic mass is 79.9. The Hall–Kier alpha value is -0.960. The summed E-state index contributed by atoms with van der Waals surface area (Å²) >= 11 is 3.31. The summed E-state index contributed by atoms with van der Waals surface area (Å²) in [4.78, 5) is 11.3. The summed E-state index contributed by atoms with van der Waals surface area (Å²) in [5, 5.41) is 12.1. The van der Waals surface area contributed by atoms with Crippen molar-refractivity contribution in [3.63, 3.8) is 0 Å². The summed E-state index contributed by atoms with van der Waals surface area (Å²) < 4.78 is 27.0. The van der Waals surface area contributed by atoms with Crippen LogP contribution in [0.2, 0.25) is 0 Å². The van der Waals surface area contributed by atoms with E-state index < -0.39 is 22.0 Å². The van der Waals surface area contributed by atoms with Gasteiger partial charge in [0, 0.05) is 24.1 Å². The van der Waals surface area contributed by atoms with E-state index in [-0.39, 0.29) is 18.0 Å². The van der Waals surface area contributed by atoms with Crippen LogP contribution < -0.4 is 5.32 Å². The van der Waals surface area contributed by atoms with E-state index in [1.54, 1.807) is 19.1 Å². The quantitative estimate of drug-likeness (QED) is 0.830. The Kier molecular flexibility index (Phi) is 4.48. The molecule has 20 heavy (non-hydrogen) atoms. The Balaban J connectivity index is 2.42. The molecule has 2 N–H and O–H groups in total. The average molecular weight is 363 g/mol. The van der Waals surface area contributed by atoms with Gasteiger partial charge in [0.25, 0.3) is 0 Å². The molecule has 0 bridgehead atoms. The molecule has 1 aliphatic rings. The van der Waals surface area contributed by atoms with E-state index in [0.717, 1.165) is 14.3 Å². The molecule has 0 aromatic heterocycles. The minimum atomic E-state index is -3.80. The number of benzene rings is 1. The van der Waals surface area contributed by atoms with Gasteiger partial charge in [-0.25, -0.2) is 8.42 Å². The summed E-state index contributed by atoms with van der Waals surface area (Å²) in [6.07, 6.45) is 0. The van der Waals surface area contributed by atoms with Crippen LogP contribution in [0.15, 0.2) is 27.6 Å². The molecular weight excluding hydrogens is 348 g/mol. The van der Waals surface area contributed by atoms with Gasteiger partial charge in [0.2, 0.25) is 10.0 Å². The van der Waals surface area contributed by atoms with E-state index >= 15 is 0 Å². The van der Waals surface area contributed by atoms with Crippen molar-refractivity contribution in [2.45, 2.75) is 17.9 Å². The lowest BCUT2D eigenvalue weighted by atomic mass is 10.2. The van der Waals surface area contributed by atoms with Crippen molar-refractivity contribution < 1.29 is 18.3 Å². The lowest BCUT2D eigenvalue weighted by Crippen LogP contribution is -2.56. The molecule has 0 radical (unpaired) electrons. The molecule has 1 saturated heterocycles. The zero-order valence-electron chi connectivity index (χ0n) is 10.8. The van der Waals surface area contributed by atoms with Crippen molar-refractivity contribution in [3.8, 4) is 0 Å². The predicted molar refractivity (Wildman–Crippen MR) is 77.1 cm³/mol. The first-order chi connectivity index (χ1) is 9.34. The molecule has 110 valence electrons. The van der Waals surface area contributed by atoms with Gasteiger partial charge in [0.15, 0.2) is 0 Å². The maximum atomic E-state index is 12.6. The van der Waals surface area contributed by atoms with E-state index in [2.05, 4.69) is 21.2 Å². The third-order valence-corrected chi connectivity index (χ3v) is 6.01. The van der Waals surface area contributed by atoms with Crippen molar-refractivity contribution in [1.29, 1.82) is 0 Å². The van der Waals surface area contributed by atoms with Crippen LogP contribution in [0.1, 0.15) is 5.56 Å². The first-order valence-electron chi connectivity index (χ1n) is 6.05. The number of carboxylic acids is 1. The number of hydrogen-bond acceptors (Lipinski definition) is 4. The first-order valence-corrected chi connectivity index (χ1v) is 8.29. The SMILES string of the molecule is Cc1cc(S(=O)(=O)N2CCNCC2C(=O)O)ccc1Br. The van der Waals surface area contributed by atoms with Gasteiger partial charge in [-0.15, -0.1) is 0 Å². The predicted octanol–water partition coefficient (Wildman–Crippen LogP) is 0.805. The van der Waals surface area contributed by atoms with Crippen LogP contribution in [-0.2, 0) is 14.8 Å². The zero-order chi connectivity index (χ0) is 14.9. The van der Waals surface area contributed by atoms with E-state index in [9.17, 15) is 13.2 Å². The van der Waals surface area contributed by atoms with Crippen molar-refractivity contribution in [1.82, 2.24) is 9.62 Å². The lowest BCUT2D eigenvalue weighted by molar-refractivity contribution is -0.141. The number of nitrogens with zero attached hydrogens (tertiary/aromatic N) is 1. The van der Waals surface area contributed by atoms with Crippen molar-refractivity contribution in [2.24, 2.45) is 0 Å². The summed E-state index contributed by atoms with van der Waals surface area (Å²) in [7, 11) is -3.80. The van der Waals surface area contributed by atoms with Crippen molar-refractivity contribution in [2.75, 3.05) is 19.6 Å². The highest BCUT2D eigenvalue weighted by Gasteiger charge is 2.37. The van der Waals surface area contributed by atoms with Gasteiger partial charge in [-0.2, -0.15) is 4.31 Å². The highest BCUT2D eigenvalue weighted by molar-refractivity contribution is 9.10. The van der Waals surface area contributed by atoms with Crippen LogP contribution in [0.25, 0.3) is 0 Å². The molecule has 1 atom stereocenters. The number of halogens is 1. The molecular formula is C12H15BrN2O4S. The fraction of sp³-hybridized carbons (Fsp3) is 0.417. The summed E-state index contributed by atoms with van der Waals surface area (Å²) in [6.45, 7) is 2.49. The van der Waals surface area contributed by atoms with Crippen LogP contribution in [0, 0.1) is 6.92 Å². The van der Waals surface area contributed by atoms with Crippen LogP contribution in [0.4, 0.5) is 0 Å². The number of carbonyl (C=O) groups is 1. The standard InChI is InChI=1S/C12H15BrN2O4S/c1-8-6-9(2-3-10(8)13)20(18,19)15-5-4-14-7-11(15)12(16)17/h2-3,6,11,14H,4-5,7H2,1H3,(H,16,17). The van der Waals surface area contributed by atoms with E-state index in [1.807, 2.05) is 0 Å². The smallest absolute Gasteiger partial charge is 0.323 e. The molecule has 1 aromatic carbocycles. The van der Waals surface area contributed by atoms with E-state index in [0.29, 0.717) is 6.54 Å². The molecule has 1 unspecified atom stereocenters. The Morgan fingerprint density at radius 1 is 1.50 bits per heavy atom. The summed E-state index contributed by atoms with van der Waals surface area (Å²) in [5.41, 5.74) is 0.785. The van der Waals surface area contributed by atoms with Gasteiger partial charge in [-0.3, -0.25) is 4.79 Å². The molecule has 0 aliphatic carbocycles. The Morgan fingerprint density at radius 3 is 2.80 bits per heavy atom. The molecule has 1 heterocycles. The normalized spacial score (nSPS) is 20.8. The Labute approximate surface area is 126 Å². The number of piperazine rings is 1. The molecule has 8 heteroatoms. The van der Waals surface area contributed by atoms with Gasteiger partial charge in [0.05, 0.1) is 4.90 Å². The molecule has 0 saturated carbocycles. The topological polar surface area (TPSA) is 86.7 Å². The molecule has 2 rings (SSSR count). The number of sulfonamides is 1. The summed E-state index contributed by atoms with van der Waals surface area (Å²) in [6, 6.07) is 3.60. The maximum absolute atomic E-state index is 12.6. The monoisotopic (exact) mass is 362 g/mol. The fourth-order valence-corrected chi connectivity index (χ4v) is 4.01. The van der Waals surface area contributed by atoms with Crippen LogP contribution in [-0.4, -0.2) is 49.5 Å². The minimum Gasteiger partial charge on any atom is -0.480 e. The number of carboxylic acid groups (broad SMARTS) is 1. The third kappa shape index (κ3) is 2.88. The number of rotatable bonds is 3. The van der Waals surface area contributed by atoms with Gasteiger partial charge >= 0.3 is 5.97 Å². The molecule has 0 spiro atoms. The van der Waals surface area contributed by atoms with Crippen molar-refractivity contribution >= 4 is 31.9 Å². The Morgan fingerprint density at radius 2 is 2.20 bits per heavy atom. The first kappa shape index (κ1) is 15.4. The second-order valence-electron chi connectivity index (χ2n) is 4.58. The van der Waals surface area contributed by atoms with Crippen LogP contribution >= 0.6 is 15.9 Å². The molecule has 1 fully saturated rings. The van der Waals surface area contributed by atoms with E-state index in [1.165, 1.54) is 6.07 Å². The zero-order valence-corrected chi connectivity index (χ0v) is 13.2. The number of aliphatic carboxylic acids is 1. The van der Waals surface area contributed by atoms with Crippen molar-refractivity contribution in [3.05, 3.63) is 28.2 Å². The maximum Gasteiger partial charge on any atom is 0.323 e. The average Bonchev–Trinajstić information content (AvgIpc) is 2.41. The van der Waals surface area contributed by atoms with Crippen LogP contribution in [0.3, 0.4) is 0 Å². The highest BCUT2D eigenvalue weighted by Crippen LogP contribution is 2.24. The molecule has 1 aliphatic heterocycles. The second kappa shape index (κ2) is 5.80. The summed E-state index contributed by atoms with van der Waals surface area (Å²) in [5.74, 6) is -1.14. The minimum absolute atomic E-state index is 0.115. The van der Waals surface area contributed by atoms with Crippen LogP contribution in [0.5, 0.6) is 0 Å². The number of aryl methyl sites for hydroxylation is 1. The van der Waals surface area contributed by atoms with Gasteiger partial charge in [-0.1, -0.05) is 15.9 Å². The van der Waals surface area contributed by atoms with Gasteiger partial charge in [-0.05, 0) is 30.7 Å². The number of hydrogen-bond donors (Lipinski definition) is 2. The fourth-order valence-electron chi connectivity index (χ4n) is 2.10. The second-order valence-corrected chi connectivity index (χ2v) is 7.33. The molecule has 0 amide bonds.